The van der Waals surface area contributed by atoms with Crippen LogP contribution in [0.2, 0.25) is 0 Å². The molecule has 0 spiro atoms. The molecule has 25 heavy (non-hydrogen) atoms. The summed E-state index contributed by atoms with van der Waals surface area (Å²) in [5, 5.41) is 13.5. The summed E-state index contributed by atoms with van der Waals surface area (Å²) >= 11 is 0. The van der Waals surface area contributed by atoms with Crippen LogP contribution in [0.3, 0.4) is 0 Å². The second-order valence-electron chi connectivity index (χ2n) is 5.64. The van der Waals surface area contributed by atoms with Crippen molar-refractivity contribution in [3.05, 3.63) is 34.6 Å². The minimum atomic E-state index is -2.40. The first-order chi connectivity index (χ1) is 11.8. The number of amides is 2. The van der Waals surface area contributed by atoms with Gasteiger partial charge in [-0.05, 0) is 12.8 Å². The number of carbonyl (C=O) groups excluding carboxylic acids is 2. The Morgan fingerprint density at radius 2 is 1.44 bits per heavy atom. The highest BCUT2D eigenvalue weighted by Crippen LogP contribution is 2.23. The molecule has 0 saturated heterocycles. The average Bonchev–Trinajstić information content (AvgIpc) is 3.09. The average molecular weight is 366 g/mol. The summed E-state index contributed by atoms with van der Waals surface area (Å²) in [5.41, 5.74) is -1.72. The first-order valence-electron chi connectivity index (χ1n) is 7.51. The van der Waals surface area contributed by atoms with Crippen LogP contribution in [0.4, 0.5) is 22.0 Å². The second kappa shape index (κ2) is 7.77. The molecular formula is C15H15F5N2O3. The van der Waals surface area contributed by atoms with Gasteiger partial charge in [0.15, 0.2) is 23.3 Å². The number of rotatable bonds is 5. The maximum Gasteiger partial charge on any atom is 0.258 e. The molecule has 0 heterocycles. The lowest BCUT2D eigenvalue weighted by atomic mass is 10.1. The van der Waals surface area contributed by atoms with Gasteiger partial charge in [-0.15, -0.1) is 0 Å². The second-order valence-corrected chi connectivity index (χ2v) is 5.64. The summed E-state index contributed by atoms with van der Waals surface area (Å²) in [5.74, 6) is -14.1. The Balaban J connectivity index is 2.18. The zero-order valence-electron chi connectivity index (χ0n) is 12.8. The van der Waals surface area contributed by atoms with Crippen LogP contribution in [-0.4, -0.2) is 35.6 Å². The van der Waals surface area contributed by atoms with Gasteiger partial charge < -0.3 is 15.7 Å². The largest absolute Gasteiger partial charge is 0.394 e. The minimum absolute atomic E-state index is 0.160. The molecule has 1 aliphatic carbocycles. The minimum Gasteiger partial charge on any atom is -0.394 e. The number of benzene rings is 1. The van der Waals surface area contributed by atoms with Crippen molar-refractivity contribution >= 4 is 11.8 Å². The number of aliphatic hydroxyl groups is 1. The molecule has 2 rings (SSSR count). The summed E-state index contributed by atoms with van der Waals surface area (Å²) in [4.78, 5) is 23.8. The third-order valence-corrected chi connectivity index (χ3v) is 3.94. The third-order valence-electron chi connectivity index (χ3n) is 3.94. The molecule has 1 aromatic rings. The summed E-state index contributed by atoms with van der Waals surface area (Å²) in [6.07, 6.45) is 3.20. The highest BCUT2D eigenvalue weighted by atomic mass is 19.2. The van der Waals surface area contributed by atoms with Gasteiger partial charge in [-0.1, -0.05) is 12.8 Å². The third kappa shape index (κ3) is 3.89. The van der Waals surface area contributed by atoms with Crippen LogP contribution >= 0.6 is 0 Å². The lowest BCUT2D eigenvalue weighted by Crippen LogP contribution is -2.51. The fourth-order valence-corrected chi connectivity index (χ4v) is 2.60. The molecule has 0 unspecified atom stereocenters. The molecule has 0 bridgehead atoms. The molecule has 138 valence electrons. The molecule has 1 fully saturated rings. The molecule has 2 amide bonds. The van der Waals surface area contributed by atoms with Crippen molar-refractivity contribution < 1.29 is 36.6 Å². The van der Waals surface area contributed by atoms with Gasteiger partial charge >= 0.3 is 0 Å². The number of aliphatic hydroxyl groups excluding tert-OH is 1. The number of hydrogen-bond acceptors (Lipinski definition) is 3. The van der Waals surface area contributed by atoms with Gasteiger partial charge in [0.25, 0.3) is 5.91 Å². The standard InChI is InChI=1S/C15H15F5N2O3/c16-9-8(10(17)12(19)13(20)11(9)18)15(25)22-7(5-23)14(24)21-6-3-1-2-4-6/h6-7,23H,1-5H2,(H,21,24)(H,22,25)/t7-/m0/s1. The van der Waals surface area contributed by atoms with E-state index in [1.165, 1.54) is 0 Å². The first-order valence-corrected chi connectivity index (χ1v) is 7.51. The Labute approximate surface area is 139 Å². The molecular weight excluding hydrogens is 351 g/mol. The lowest BCUT2D eigenvalue weighted by Gasteiger charge is -2.19. The molecule has 3 N–H and O–H groups in total. The van der Waals surface area contributed by atoms with E-state index in [1.807, 2.05) is 0 Å². The molecule has 1 atom stereocenters. The maximum absolute atomic E-state index is 13.6. The molecule has 0 aliphatic heterocycles. The van der Waals surface area contributed by atoms with Gasteiger partial charge in [-0.25, -0.2) is 22.0 Å². The van der Waals surface area contributed by atoms with Crippen molar-refractivity contribution in [1.29, 1.82) is 0 Å². The van der Waals surface area contributed by atoms with E-state index in [2.05, 4.69) is 5.32 Å². The maximum atomic E-state index is 13.6. The van der Waals surface area contributed by atoms with E-state index in [0.717, 1.165) is 12.8 Å². The lowest BCUT2D eigenvalue weighted by molar-refractivity contribution is -0.124. The number of hydrogen-bond donors (Lipinski definition) is 3. The number of carbonyl (C=O) groups is 2. The van der Waals surface area contributed by atoms with Gasteiger partial charge in [0.1, 0.15) is 11.6 Å². The van der Waals surface area contributed by atoms with Crippen molar-refractivity contribution in [2.24, 2.45) is 0 Å². The predicted molar refractivity (Wildman–Crippen MR) is 75.0 cm³/mol. The summed E-state index contributed by atoms with van der Waals surface area (Å²) < 4.78 is 66.4. The van der Waals surface area contributed by atoms with Crippen LogP contribution in [0.5, 0.6) is 0 Å². The highest BCUT2D eigenvalue weighted by Gasteiger charge is 2.32. The summed E-state index contributed by atoms with van der Waals surface area (Å²) in [7, 11) is 0. The van der Waals surface area contributed by atoms with Crippen LogP contribution in [-0.2, 0) is 4.79 Å². The topological polar surface area (TPSA) is 78.4 Å². The molecule has 1 aromatic carbocycles. The van der Waals surface area contributed by atoms with E-state index in [1.54, 1.807) is 5.32 Å². The fraction of sp³-hybridized carbons (Fsp3) is 0.467. The first kappa shape index (κ1) is 19.1. The molecule has 0 radical (unpaired) electrons. The monoisotopic (exact) mass is 366 g/mol. The van der Waals surface area contributed by atoms with Crippen molar-refractivity contribution in [1.82, 2.24) is 10.6 Å². The van der Waals surface area contributed by atoms with Crippen LogP contribution in [0, 0.1) is 29.1 Å². The van der Waals surface area contributed by atoms with Crippen LogP contribution in [0.1, 0.15) is 36.0 Å². The zero-order chi connectivity index (χ0) is 18.7. The molecule has 1 saturated carbocycles. The molecule has 1 aliphatic rings. The van der Waals surface area contributed by atoms with E-state index in [-0.39, 0.29) is 6.04 Å². The predicted octanol–water partition coefficient (Wildman–Crippen LogP) is 1.53. The molecule has 10 heteroatoms. The van der Waals surface area contributed by atoms with E-state index in [9.17, 15) is 36.6 Å². The van der Waals surface area contributed by atoms with E-state index in [0.29, 0.717) is 12.8 Å². The normalized spacial score (nSPS) is 15.9. The Morgan fingerprint density at radius 3 is 1.92 bits per heavy atom. The fourth-order valence-electron chi connectivity index (χ4n) is 2.60. The highest BCUT2D eigenvalue weighted by molar-refractivity contribution is 5.98. The van der Waals surface area contributed by atoms with Crippen molar-refractivity contribution in [3.8, 4) is 0 Å². The zero-order valence-corrected chi connectivity index (χ0v) is 12.8. The Morgan fingerprint density at radius 1 is 0.960 bits per heavy atom. The van der Waals surface area contributed by atoms with Crippen molar-refractivity contribution in [3.63, 3.8) is 0 Å². The SMILES string of the molecule is O=C(N[C@@H](CO)C(=O)NC1CCCC1)c1c(F)c(F)c(F)c(F)c1F. The molecule has 5 nitrogen and oxygen atoms in total. The van der Waals surface area contributed by atoms with Gasteiger partial charge in [0, 0.05) is 6.04 Å². The van der Waals surface area contributed by atoms with E-state index in [4.69, 9.17) is 0 Å². The van der Waals surface area contributed by atoms with Crippen LogP contribution < -0.4 is 10.6 Å². The molecule has 0 aromatic heterocycles. The van der Waals surface area contributed by atoms with Gasteiger partial charge in [-0.3, -0.25) is 9.59 Å². The van der Waals surface area contributed by atoms with E-state index >= 15 is 0 Å². The van der Waals surface area contributed by atoms with Crippen LogP contribution in [0.25, 0.3) is 0 Å². The van der Waals surface area contributed by atoms with Gasteiger partial charge in [0.2, 0.25) is 11.7 Å². The van der Waals surface area contributed by atoms with Gasteiger partial charge in [-0.2, -0.15) is 0 Å². The van der Waals surface area contributed by atoms with Crippen molar-refractivity contribution in [2.45, 2.75) is 37.8 Å². The Hall–Kier alpha value is -2.23. The van der Waals surface area contributed by atoms with Crippen molar-refractivity contribution in [2.75, 3.05) is 6.61 Å². The number of nitrogens with one attached hydrogen (secondary N) is 2. The van der Waals surface area contributed by atoms with Crippen LogP contribution in [0.15, 0.2) is 0 Å². The Bertz CT molecular complexity index is 663. The summed E-state index contributed by atoms with van der Waals surface area (Å²) in [6.45, 7) is -0.917. The number of halogens is 5. The Kier molecular flexibility index (Phi) is 5.93. The summed E-state index contributed by atoms with van der Waals surface area (Å²) in [6, 6.07) is -1.75. The van der Waals surface area contributed by atoms with Gasteiger partial charge in [0.05, 0.1) is 6.61 Å². The quantitative estimate of drug-likeness (QED) is 0.420. The van der Waals surface area contributed by atoms with E-state index < -0.39 is 59.1 Å². The smallest absolute Gasteiger partial charge is 0.258 e.